The van der Waals surface area contributed by atoms with Crippen LogP contribution in [0.25, 0.3) is 0 Å². The molecule has 1 aliphatic heterocycles. The minimum absolute atomic E-state index is 0.155. The second-order valence-electron chi connectivity index (χ2n) is 6.89. The summed E-state index contributed by atoms with van der Waals surface area (Å²) >= 11 is 0. The number of allylic oxidation sites excluding steroid dienone is 1. The Morgan fingerprint density at radius 1 is 1.22 bits per heavy atom. The first-order valence-corrected chi connectivity index (χ1v) is 7.74. The topological polar surface area (TPSA) is 67.4 Å². The van der Waals surface area contributed by atoms with Crippen LogP contribution in [-0.2, 0) is 9.53 Å². The molecule has 1 heterocycles. The average molecular weight is 316 g/mol. The number of carbonyl (C=O) groups excluding carboxylic acids is 2. The summed E-state index contributed by atoms with van der Waals surface area (Å²) in [4.78, 5) is 24.5. The predicted molar refractivity (Wildman–Crippen MR) is 88.6 cm³/mol. The van der Waals surface area contributed by atoms with E-state index >= 15 is 0 Å². The van der Waals surface area contributed by atoms with Crippen LogP contribution in [0.4, 0.5) is 4.79 Å². The van der Waals surface area contributed by atoms with Crippen molar-refractivity contribution < 1.29 is 14.3 Å². The van der Waals surface area contributed by atoms with Crippen molar-refractivity contribution in [3.8, 4) is 0 Å². The summed E-state index contributed by atoms with van der Waals surface area (Å²) in [5, 5.41) is 5.45. The van der Waals surface area contributed by atoms with Crippen molar-refractivity contribution in [2.24, 2.45) is 5.41 Å². The minimum atomic E-state index is -0.510. The Kier molecular flexibility index (Phi) is 4.78. The Balaban J connectivity index is 2.33. The number of hydrogen-bond donors (Lipinski definition) is 2. The van der Waals surface area contributed by atoms with Crippen LogP contribution >= 0.6 is 0 Å². The van der Waals surface area contributed by atoms with Crippen molar-refractivity contribution >= 4 is 12.0 Å². The summed E-state index contributed by atoms with van der Waals surface area (Å²) in [6, 6.07) is 8.57. The Labute approximate surface area is 137 Å². The quantitative estimate of drug-likeness (QED) is 0.841. The number of urea groups is 1. The minimum Gasteiger partial charge on any atom is -0.459 e. The van der Waals surface area contributed by atoms with Gasteiger partial charge in [-0.3, -0.25) is 0 Å². The zero-order valence-electron chi connectivity index (χ0n) is 14.3. The number of esters is 1. The van der Waals surface area contributed by atoms with Crippen LogP contribution in [0.1, 0.15) is 46.2 Å². The number of nitrogens with one attached hydrogen (secondary N) is 2. The van der Waals surface area contributed by atoms with E-state index in [9.17, 15) is 9.59 Å². The molecule has 0 radical (unpaired) electrons. The number of rotatable bonds is 3. The molecular formula is C18H24N2O3. The third-order valence-corrected chi connectivity index (χ3v) is 4.13. The third kappa shape index (κ3) is 3.92. The molecule has 5 heteroatoms. The summed E-state index contributed by atoms with van der Waals surface area (Å²) < 4.78 is 5.62. The Hall–Kier alpha value is -2.30. The lowest BCUT2D eigenvalue weighted by Crippen LogP contribution is -2.46. The maximum absolute atomic E-state index is 12.7. The molecule has 1 aliphatic rings. The lowest BCUT2D eigenvalue weighted by atomic mass is 9.90. The standard InChI is InChI=1S/C18H24N2O3/c1-11-14(16(21)23-12(2)18(3,4)5)15(20-17(22)19-11)13-9-7-6-8-10-13/h6-10,12,15H,1-5H3,(H2,19,20,22)/t12-,15+/m0/s1. The van der Waals surface area contributed by atoms with E-state index in [1.807, 2.05) is 58.0 Å². The van der Waals surface area contributed by atoms with Gasteiger partial charge >= 0.3 is 12.0 Å². The molecule has 2 rings (SSSR count). The molecule has 1 aromatic rings. The van der Waals surface area contributed by atoms with Crippen molar-refractivity contribution in [2.75, 3.05) is 0 Å². The van der Waals surface area contributed by atoms with E-state index in [0.29, 0.717) is 11.3 Å². The van der Waals surface area contributed by atoms with Gasteiger partial charge in [0.2, 0.25) is 0 Å². The van der Waals surface area contributed by atoms with Crippen LogP contribution in [0.15, 0.2) is 41.6 Å². The molecule has 0 unspecified atom stereocenters. The number of carbonyl (C=O) groups is 2. The molecule has 2 amide bonds. The number of hydrogen-bond acceptors (Lipinski definition) is 3. The van der Waals surface area contributed by atoms with Gasteiger partial charge in [0.05, 0.1) is 11.6 Å². The van der Waals surface area contributed by atoms with E-state index in [1.165, 1.54) is 0 Å². The highest BCUT2D eigenvalue weighted by atomic mass is 16.5. The van der Waals surface area contributed by atoms with E-state index in [0.717, 1.165) is 5.56 Å². The van der Waals surface area contributed by atoms with Crippen molar-refractivity contribution in [1.82, 2.24) is 10.6 Å². The van der Waals surface area contributed by atoms with E-state index in [4.69, 9.17) is 4.74 Å². The fourth-order valence-corrected chi connectivity index (χ4v) is 2.26. The highest BCUT2D eigenvalue weighted by Crippen LogP contribution is 2.29. The van der Waals surface area contributed by atoms with E-state index < -0.39 is 12.0 Å². The Bertz CT molecular complexity index is 629. The maximum Gasteiger partial charge on any atom is 0.338 e. The second-order valence-corrected chi connectivity index (χ2v) is 6.89. The molecule has 124 valence electrons. The zero-order valence-corrected chi connectivity index (χ0v) is 14.3. The summed E-state index contributed by atoms with van der Waals surface area (Å²) in [5.74, 6) is -0.411. The van der Waals surface area contributed by atoms with Gasteiger partial charge in [0, 0.05) is 5.70 Å². The molecule has 1 aromatic carbocycles. The zero-order chi connectivity index (χ0) is 17.2. The first-order chi connectivity index (χ1) is 10.7. The van der Waals surface area contributed by atoms with Crippen LogP contribution in [0.3, 0.4) is 0 Å². The lowest BCUT2D eigenvalue weighted by molar-refractivity contribution is -0.149. The van der Waals surface area contributed by atoms with Crippen LogP contribution in [0.2, 0.25) is 0 Å². The summed E-state index contributed by atoms with van der Waals surface area (Å²) in [6.45, 7) is 9.64. The van der Waals surface area contributed by atoms with Gasteiger partial charge in [-0.1, -0.05) is 51.1 Å². The van der Waals surface area contributed by atoms with E-state index in [-0.39, 0.29) is 17.6 Å². The average Bonchev–Trinajstić information content (AvgIpc) is 2.46. The molecule has 2 atom stereocenters. The molecule has 2 N–H and O–H groups in total. The maximum atomic E-state index is 12.7. The highest BCUT2D eigenvalue weighted by Gasteiger charge is 2.34. The van der Waals surface area contributed by atoms with Crippen molar-refractivity contribution in [3.05, 3.63) is 47.2 Å². The molecule has 0 fully saturated rings. The van der Waals surface area contributed by atoms with Crippen LogP contribution in [-0.4, -0.2) is 18.1 Å². The van der Waals surface area contributed by atoms with Crippen molar-refractivity contribution in [2.45, 2.75) is 46.8 Å². The normalized spacial score (nSPS) is 19.7. The van der Waals surface area contributed by atoms with Gasteiger partial charge in [-0.15, -0.1) is 0 Å². The molecule has 5 nitrogen and oxygen atoms in total. The number of ether oxygens (including phenoxy) is 1. The predicted octanol–water partition coefficient (Wildman–Crippen LogP) is 3.29. The third-order valence-electron chi connectivity index (χ3n) is 4.13. The fraction of sp³-hybridized carbons (Fsp3) is 0.444. The van der Waals surface area contributed by atoms with Crippen molar-refractivity contribution in [3.63, 3.8) is 0 Å². The van der Waals surface area contributed by atoms with Gasteiger partial charge < -0.3 is 15.4 Å². The van der Waals surface area contributed by atoms with Crippen LogP contribution in [0.5, 0.6) is 0 Å². The number of benzene rings is 1. The molecule has 0 bridgehead atoms. The van der Waals surface area contributed by atoms with Crippen LogP contribution < -0.4 is 10.6 Å². The van der Waals surface area contributed by atoms with Gasteiger partial charge in [0.1, 0.15) is 6.10 Å². The summed E-state index contributed by atoms with van der Waals surface area (Å²) in [6.07, 6.45) is -0.246. The van der Waals surface area contributed by atoms with Gasteiger partial charge in [-0.25, -0.2) is 9.59 Å². The largest absolute Gasteiger partial charge is 0.459 e. The molecule has 0 saturated heterocycles. The fourth-order valence-electron chi connectivity index (χ4n) is 2.26. The molecular weight excluding hydrogens is 292 g/mol. The summed E-state index contributed by atoms with van der Waals surface area (Å²) in [7, 11) is 0. The molecule has 0 aromatic heterocycles. The molecule has 23 heavy (non-hydrogen) atoms. The highest BCUT2D eigenvalue weighted by molar-refractivity contribution is 5.95. The Morgan fingerprint density at radius 3 is 2.39 bits per heavy atom. The SMILES string of the molecule is CC1=C(C(=O)O[C@@H](C)C(C)(C)C)[C@@H](c2ccccc2)NC(=O)N1. The van der Waals surface area contributed by atoms with Gasteiger partial charge in [0.15, 0.2) is 0 Å². The van der Waals surface area contributed by atoms with Gasteiger partial charge in [-0.05, 0) is 24.8 Å². The molecule has 0 aliphatic carbocycles. The second kappa shape index (κ2) is 6.44. The monoisotopic (exact) mass is 316 g/mol. The number of amides is 2. The van der Waals surface area contributed by atoms with E-state index in [1.54, 1.807) is 6.92 Å². The van der Waals surface area contributed by atoms with Crippen LogP contribution in [0, 0.1) is 5.41 Å². The first-order valence-electron chi connectivity index (χ1n) is 7.74. The summed E-state index contributed by atoms with van der Waals surface area (Å²) in [5.41, 5.74) is 1.65. The first kappa shape index (κ1) is 17.1. The van der Waals surface area contributed by atoms with Crippen molar-refractivity contribution in [1.29, 1.82) is 0 Å². The molecule has 0 spiro atoms. The molecule has 0 saturated carbocycles. The van der Waals surface area contributed by atoms with Gasteiger partial charge in [-0.2, -0.15) is 0 Å². The van der Waals surface area contributed by atoms with Gasteiger partial charge in [0.25, 0.3) is 0 Å². The Morgan fingerprint density at radius 2 is 1.83 bits per heavy atom. The smallest absolute Gasteiger partial charge is 0.338 e. The lowest BCUT2D eigenvalue weighted by Gasteiger charge is -2.31. The van der Waals surface area contributed by atoms with E-state index in [2.05, 4.69) is 10.6 Å².